The van der Waals surface area contributed by atoms with Crippen molar-refractivity contribution < 1.29 is 10.2 Å². The van der Waals surface area contributed by atoms with Crippen molar-refractivity contribution in [3.8, 4) is 11.5 Å². The molecule has 0 atom stereocenters. The molecule has 0 aromatic heterocycles. The lowest BCUT2D eigenvalue weighted by molar-refractivity contribution is 0.474. The molecule has 0 aliphatic carbocycles. The molecule has 3 aromatic rings. The van der Waals surface area contributed by atoms with Crippen molar-refractivity contribution >= 4 is 40.2 Å². The predicted molar refractivity (Wildman–Crippen MR) is 108 cm³/mol. The van der Waals surface area contributed by atoms with E-state index in [1.165, 1.54) is 0 Å². The number of rotatable bonds is 4. The molecule has 2 nitrogen and oxygen atoms in total. The Hall–Kier alpha value is -2.78. The molecule has 0 amide bonds. The molecule has 0 radical (unpaired) electrons. The Bertz CT molecular complexity index is 908. The molecule has 3 aromatic carbocycles. The Morgan fingerprint density at radius 3 is 1.52 bits per heavy atom. The fraction of sp³-hybridized carbons (Fsp3) is 0. The molecule has 0 unspecified atom stereocenters. The normalized spacial score (nSPS) is 11.4. The van der Waals surface area contributed by atoms with E-state index in [9.17, 15) is 10.2 Å². The Balaban J connectivity index is 1.74. The predicted octanol–water partition coefficient (Wildman–Crippen LogP) is 6.20. The summed E-state index contributed by atoms with van der Waals surface area (Å²) in [7, 11) is 0. The second kappa shape index (κ2) is 7.86. The first kappa shape index (κ1) is 17.1. The van der Waals surface area contributed by atoms with Crippen LogP contribution >= 0.6 is 15.9 Å². The highest BCUT2D eigenvalue weighted by Gasteiger charge is 1.98. The number of phenolic OH excluding ortho intramolecular Hbond substituents is 2. The zero-order valence-electron chi connectivity index (χ0n) is 13.4. The van der Waals surface area contributed by atoms with Gasteiger partial charge in [0.05, 0.1) is 0 Å². The summed E-state index contributed by atoms with van der Waals surface area (Å²) in [6.07, 6.45) is 8.08. The smallest absolute Gasteiger partial charge is 0.115 e. The average Bonchev–Trinajstić information content (AvgIpc) is 2.62. The summed E-state index contributed by atoms with van der Waals surface area (Å²) < 4.78 is 1.01. The zero-order valence-corrected chi connectivity index (χ0v) is 15.0. The van der Waals surface area contributed by atoms with Gasteiger partial charge in [0.25, 0.3) is 0 Å². The topological polar surface area (TPSA) is 40.5 Å². The van der Waals surface area contributed by atoms with Gasteiger partial charge in [-0.25, -0.2) is 0 Å². The molecule has 0 bridgehead atoms. The van der Waals surface area contributed by atoms with E-state index in [0.717, 1.165) is 26.7 Å². The van der Waals surface area contributed by atoms with Crippen LogP contribution in [0.5, 0.6) is 11.5 Å². The molecule has 124 valence electrons. The van der Waals surface area contributed by atoms with Crippen molar-refractivity contribution in [2.24, 2.45) is 0 Å². The number of phenols is 2. The molecule has 3 heteroatoms. The minimum atomic E-state index is 0.267. The van der Waals surface area contributed by atoms with Crippen LogP contribution in [0.2, 0.25) is 0 Å². The van der Waals surface area contributed by atoms with Gasteiger partial charge in [-0.2, -0.15) is 0 Å². The van der Waals surface area contributed by atoms with Crippen molar-refractivity contribution in [3.63, 3.8) is 0 Å². The Labute approximate surface area is 155 Å². The van der Waals surface area contributed by atoms with Gasteiger partial charge >= 0.3 is 0 Å². The van der Waals surface area contributed by atoms with E-state index in [-0.39, 0.29) is 11.5 Å². The monoisotopic (exact) mass is 392 g/mol. The summed E-state index contributed by atoms with van der Waals surface area (Å²) >= 11 is 3.61. The Morgan fingerprint density at radius 1 is 0.560 bits per heavy atom. The standard InChI is InChI=1S/C22H17BrO2/c23-22-15-18(2-1-16-5-11-20(24)12-6-16)4-10-19(22)9-3-17-7-13-21(25)14-8-17/h1-15,24-25H/b2-1+,9-3+. The molecular weight excluding hydrogens is 376 g/mol. The highest BCUT2D eigenvalue weighted by atomic mass is 79.9. The van der Waals surface area contributed by atoms with Crippen LogP contribution < -0.4 is 0 Å². The molecule has 0 spiro atoms. The average molecular weight is 393 g/mol. The third-order valence-corrected chi connectivity index (χ3v) is 4.42. The number of halogens is 1. The summed E-state index contributed by atoms with van der Waals surface area (Å²) in [5.41, 5.74) is 4.22. The first-order chi connectivity index (χ1) is 12.1. The third-order valence-electron chi connectivity index (χ3n) is 3.73. The molecular formula is C22H17BrO2. The van der Waals surface area contributed by atoms with Crippen LogP contribution in [0.15, 0.2) is 71.2 Å². The maximum absolute atomic E-state index is 9.31. The lowest BCUT2D eigenvalue weighted by Gasteiger charge is -2.02. The summed E-state index contributed by atoms with van der Waals surface area (Å²) in [5, 5.41) is 18.6. The quantitative estimate of drug-likeness (QED) is 0.518. The van der Waals surface area contributed by atoms with E-state index in [0.29, 0.717) is 0 Å². The van der Waals surface area contributed by atoms with E-state index in [4.69, 9.17) is 0 Å². The highest BCUT2D eigenvalue weighted by molar-refractivity contribution is 9.10. The van der Waals surface area contributed by atoms with E-state index in [2.05, 4.69) is 34.1 Å². The summed E-state index contributed by atoms with van der Waals surface area (Å²) in [4.78, 5) is 0. The molecule has 3 rings (SSSR count). The largest absolute Gasteiger partial charge is 0.508 e. The maximum atomic E-state index is 9.31. The van der Waals surface area contributed by atoms with Gasteiger partial charge in [0.2, 0.25) is 0 Å². The van der Waals surface area contributed by atoms with Crippen LogP contribution in [0.1, 0.15) is 22.3 Å². The molecule has 2 N–H and O–H groups in total. The van der Waals surface area contributed by atoms with Crippen LogP contribution in [-0.2, 0) is 0 Å². The number of hydrogen-bond acceptors (Lipinski definition) is 2. The Morgan fingerprint density at radius 2 is 1.00 bits per heavy atom. The molecule has 0 saturated carbocycles. The number of aromatic hydroxyl groups is 2. The van der Waals surface area contributed by atoms with Crippen LogP contribution in [0, 0.1) is 0 Å². The SMILES string of the molecule is Oc1ccc(/C=C/c2ccc(/C=C/c3ccc(O)cc3)c(Br)c2)cc1. The van der Waals surface area contributed by atoms with E-state index < -0.39 is 0 Å². The van der Waals surface area contributed by atoms with Gasteiger partial charge in [-0.3, -0.25) is 0 Å². The summed E-state index contributed by atoms with van der Waals surface area (Å²) in [5.74, 6) is 0.535. The number of benzene rings is 3. The second-order valence-electron chi connectivity index (χ2n) is 5.63. The molecule has 0 aliphatic rings. The molecule has 25 heavy (non-hydrogen) atoms. The highest BCUT2D eigenvalue weighted by Crippen LogP contribution is 2.23. The fourth-order valence-electron chi connectivity index (χ4n) is 2.33. The Kier molecular flexibility index (Phi) is 5.36. The number of hydrogen-bond donors (Lipinski definition) is 2. The molecule has 0 fully saturated rings. The van der Waals surface area contributed by atoms with Gasteiger partial charge in [0, 0.05) is 4.47 Å². The van der Waals surface area contributed by atoms with Crippen LogP contribution in [0.3, 0.4) is 0 Å². The lowest BCUT2D eigenvalue weighted by Crippen LogP contribution is -1.79. The summed E-state index contributed by atoms with van der Waals surface area (Å²) in [6, 6.07) is 20.3. The van der Waals surface area contributed by atoms with E-state index >= 15 is 0 Å². The van der Waals surface area contributed by atoms with Crippen molar-refractivity contribution in [1.82, 2.24) is 0 Å². The van der Waals surface area contributed by atoms with Crippen molar-refractivity contribution in [2.45, 2.75) is 0 Å². The fourth-order valence-corrected chi connectivity index (χ4v) is 2.86. The lowest BCUT2D eigenvalue weighted by atomic mass is 10.1. The van der Waals surface area contributed by atoms with Crippen LogP contribution in [-0.4, -0.2) is 10.2 Å². The first-order valence-corrected chi connectivity index (χ1v) is 8.63. The van der Waals surface area contributed by atoms with Crippen LogP contribution in [0.4, 0.5) is 0 Å². The van der Waals surface area contributed by atoms with Gasteiger partial charge in [-0.05, 0) is 52.6 Å². The first-order valence-electron chi connectivity index (χ1n) is 7.84. The van der Waals surface area contributed by atoms with Crippen molar-refractivity contribution in [2.75, 3.05) is 0 Å². The van der Waals surface area contributed by atoms with Gasteiger partial charge in [-0.15, -0.1) is 0 Å². The molecule has 0 heterocycles. The van der Waals surface area contributed by atoms with Crippen molar-refractivity contribution in [3.05, 3.63) is 93.5 Å². The van der Waals surface area contributed by atoms with E-state index in [1.807, 2.05) is 48.6 Å². The van der Waals surface area contributed by atoms with E-state index in [1.54, 1.807) is 24.3 Å². The van der Waals surface area contributed by atoms with Crippen LogP contribution in [0.25, 0.3) is 24.3 Å². The van der Waals surface area contributed by atoms with Gasteiger partial charge in [-0.1, -0.05) is 76.6 Å². The maximum Gasteiger partial charge on any atom is 0.115 e. The van der Waals surface area contributed by atoms with Gasteiger partial charge < -0.3 is 10.2 Å². The third kappa shape index (κ3) is 4.85. The zero-order chi connectivity index (χ0) is 17.6. The second-order valence-corrected chi connectivity index (χ2v) is 6.49. The molecule has 0 saturated heterocycles. The van der Waals surface area contributed by atoms with Gasteiger partial charge in [0.1, 0.15) is 11.5 Å². The van der Waals surface area contributed by atoms with Gasteiger partial charge in [0.15, 0.2) is 0 Å². The molecule has 0 aliphatic heterocycles. The van der Waals surface area contributed by atoms with Crippen molar-refractivity contribution in [1.29, 1.82) is 0 Å². The minimum Gasteiger partial charge on any atom is -0.508 e. The summed E-state index contributed by atoms with van der Waals surface area (Å²) in [6.45, 7) is 0. The minimum absolute atomic E-state index is 0.267.